The molecule has 0 rings (SSSR count). The molecule has 49 valence electrons. The van der Waals surface area contributed by atoms with Gasteiger partial charge in [0.1, 0.15) is 17.8 Å². The van der Waals surface area contributed by atoms with E-state index in [4.69, 9.17) is 0 Å². The zero-order chi connectivity index (χ0) is 7.82. The minimum Gasteiger partial charge on any atom is -0.234 e. The molecule has 1 radical (unpaired) electrons. The lowest BCUT2D eigenvalue weighted by Gasteiger charge is -1.82. The molecule has 0 aliphatic rings. The summed E-state index contributed by atoms with van der Waals surface area (Å²) in [7, 11) is -1.54. The molecule has 3 nitrogen and oxygen atoms in total. The maximum atomic E-state index is 9.71. The first-order valence-electron chi connectivity index (χ1n) is 2.34. The summed E-state index contributed by atoms with van der Waals surface area (Å²) in [5, 5.41) is 0. The number of carbonyl (C=O) groups excluding carboxylic acids is 3. The molecular formula is C6H3O3Si. The average Bonchev–Trinajstić information content (AvgIpc) is 1.90. The van der Waals surface area contributed by atoms with Gasteiger partial charge in [-0.3, -0.25) is 0 Å². The minimum atomic E-state index is -1.54. The van der Waals surface area contributed by atoms with Crippen LogP contribution in [0.5, 0.6) is 0 Å². The summed E-state index contributed by atoms with van der Waals surface area (Å²) in [6.45, 7) is 0. The van der Waals surface area contributed by atoms with E-state index in [-0.39, 0.29) is 0 Å². The Morgan fingerprint density at radius 3 is 1.30 bits per heavy atom. The molecule has 4 heteroatoms. The van der Waals surface area contributed by atoms with Crippen LogP contribution in [-0.4, -0.2) is 26.6 Å². The standard InChI is InChI=1S/C6H3O3Si/c7-1-4-10(5-2-8)6-3-9/h4-6H. The van der Waals surface area contributed by atoms with Crippen LogP contribution >= 0.6 is 0 Å². The predicted octanol–water partition coefficient (Wildman–Crippen LogP) is -0.738. The van der Waals surface area contributed by atoms with E-state index in [2.05, 4.69) is 0 Å². The second kappa shape index (κ2) is 5.70. The van der Waals surface area contributed by atoms with Crippen molar-refractivity contribution in [2.45, 2.75) is 0 Å². The third-order valence-corrected chi connectivity index (χ3v) is 2.03. The zero-order valence-electron chi connectivity index (χ0n) is 4.96. The molecule has 0 aromatic rings. The Labute approximate surface area is 59.0 Å². The van der Waals surface area contributed by atoms with Crippen molar-refractivity contribution in [3.05, 3.63) is 17.1 Å². The molecule has 0 unspecified atom stereocenters. The largest absolute Gasteiger partial charge is 0.234 e. The van der Waals surface area contributed by atoms with Crippen molar-refractivity contribution in [1.82, 2.24) is 0 Å². The summed E-state index contributed by atoms with van der Waals surface area (Å²) in [6.07, 6.45) is 0. The Hall–Kier alpha value is -1.43. The van der Waals surface area contributed by atoms with E-state index in [0.717, 1.165) is 17.1 Å². The number of hydrogen-bond acceptors (Lipinski definition) is 3. The van der Waals surface area contributed by atoms with Gasteiger partial charge in [-0.1, -0.05) is 0 Å². The molecule has 0 aliphatic carbocycles. The highest BCUT2D eigenvalue weighted by atomic mass is 28.3. The van der Waals surface area contributed by atoms with Crippen LogP contribution in [0.4, 0.5) is 0 Å². The first-order valence-corrected chi connectivity index (χ1v) is 4.08. The van der Waals surface area contributed by atoms with Gasteiger partial charge in [-0.25, -0.2) is 14.4 Å². The smallest absolute Gasteiger partial charge is 0.169 e. The zero-order valence-corrected chi connectivity index (χ0v) is 5.96. The van der Waals surface area contributed by atoms with E-state index >= 15 is 0 Å². The van der Waals surface area contributed by atoms with Crippen molar-refractivity contribution in [2.75, 3.05) is 0 Å². The van der Waals surface area contributed by atoms with E-state index in [1.54, 1.807) is 0 Å². The molecule has 0 aromatic heterocycles. The molecule has 0 bridgehead atoms. The van der Waals surface area contributed by atoms with Gasteiger partial charge in [0.25, 0.3) is 0 Å². The molecule has 0 heterocycles. The molecular weight excluding hydrogens is 148 g/mol. The summed E-state index contributed by atoms with van der Waals surface area (Å²) < 4.78 is 0. The van der Waals surface area contributed by atoms with E-state index in [1.165, 1.54) is 17.8 Å². The fourth-order valence-electron chi connectivity index (χ4n) is 0.329. The Kier molecular flexibility index (Phi) is 4.88. The van der Waals surface area contributed by atoms with Crippen LogP contribution in [-0.2, 0) is 14.4 Å². The van der Waals surface area contributed by atoms with E-state index < -0.39 is 8.80 Å². The van der Waals surface area contributed by atoms with Crippen LogP contribution in [0.15, 0.2) is 17.1 Å². The first kappa shape index (κ1) is 8.57. The van der Waals surface area contributed by atoms with E-state index in [0.29, 0.717) is 0 Å². The van der Waals surface area contributed by atoms with Gasteiger partial charge < -0.3 is 0 Å². The SMILES string of the molecule is O=C=C[Si](C=C=O)C=C=O. The predicted molar refractivity (Wildman–Crippen MR) is 36.5 cm³/mol. The van der Waals surface area contributed by atoms with E-state index in [9.17, 15) is 14.4 Å². The van der Waals surface area contributed by atoms with Crippen molar-refractivity contribution >= 4 is 26.6 Å². The Balaban J connectivity index is 4.39. The second-order valence-electron chi connectivity index (χ2n) is 1.29. The van der Waals surface area contributed by atoms with Gasteiger partial charge in [0.05, 0.1) is 0 Å². The second-order valence-corrected chi connectivity index (χ2v) is 3.15. The van der Waals surface area contributed by atoms with Crippen molar-refractivity contribution in [3.8, 4) is 0 Å². The lowest BCUT2D eigenvalue weighted by molar-refractivity contribution is 0.569. The maximum Gasteiger partial charge on any atom is 0.169 e. The fraction of sp³-hybridized carbons (Fsp3) is 0. The molecule has 0 atom stereocenters. The fourth-order valence-corrected chi connectivity index (χ4v) is 0.987. The summed E-state index contributed by atoms with van der Waals surface area (Å²) in [5.41, 5.74) is 3.38. The highest BCUT2D eigenvalue weighted by molar-refractivity contribution is 6.77. The van der Waals surface area contributed by atoms with Gasteiger partial charge in [0, 0.05) is 0 Å². The van der Waals surface area contributed by atoms with Crippen LogP contribution in [0.3, 0.4) is 0 Å². The van der Waals surface area contributed by atoms with Gasteiger partial charge in [-0.05, 0) is 17.1 Å². The summed E-state index contributed by atoms with van der Waals surface area (Å²) in [4.78, 5) is 29.1. The molecule has 0 spiro atoms. The number of rotatable bonds is 3. The highest BCUT2D eigenvalue weighted by Crippen LogP contribution is 1.81. The number of hydrogen-bond donors (Lipinski definition) is 0. The van der Waals surface area contributed by atoms with Crippen molar-refractivity contribution in [2.24, 2.45) is 0 Å². The molecule has 0 saturated carbocycles. The van der Waals surface area contributed by atoms with Gasteiger partial charge in [-0.2, -0.15) is 0 Å². The van der Waals surface area contributed by atoms with Crippen molar-refractivity contribution in [3.63, 3.8) is 0 Å². The van der Waals surface area contributed by atoms with Gasteiger partial charge in [-0.15, -0.1) is 0 Å². The third kappa shape index (κ3) is 3.55. The lowest BCUT2D eigenvalue weighted by Crippen LogP contribution is -2.02. The van der Waals surface area contributed by atoms with Crippen LogP contribution in [0.1, 0.15) is 0 Å². The summed E-state index contributed by atoms with van der Waals surface area (Å²) in [5.74, 6) is 4.46. The van der Waals surface area contributed by atoms with Gasteiger partial charge in [0.2, 0.25) is 0 Å². The van der Waals surface area contributed by atoms with E-state index in [1.807, 2.05) is 0 Å². The third-order valence-electron chi connectivity index (χ3n) is 0.677. The van der Waals surface area contributed by atoms with Crippen molar-refractivity contribution < 1.29 is 14.4 Å². The molecule has 0 aliphatic heterocycles. The Morgan fingerprint density at radius 2 is 1.10 bits per heavy atom. The first-order chi connectivity index (χ1) is 4.85. The maximum absolute atomic E-state index is 9.71. The highest BCUT2D eigenvalue weighted by Gasteiger charge is 1.97. The Bertz CT molecular complexity index is 197. The molecule has 0 amide bonds. The Morgan fingerprint density at radius 1 is 0.800 bits per heavy atom. The van der Waals surface area contributed by atoms with Crippen LogP contribution < -0.4 is 0 Å². The lowest BCUT2D eigenvalue weighted by atomic mass is 11.2. The van der Waals surface area contributed by atoms with Gasteiger partial charge in [0.15, 0.2) is 8.80 Å². The van der Waals surface area contributed by atoms with Crippen LogP contribution in [0.25, 0.3) is 0 Å². The molecule has 10 heavy (non-hydrogen) atoms. The van der Waals surface area contributed by atoms with Crippen LogP contribution in [0, 0.1) is 0 Å². The monoisotopic (exact) mass is 151 g/mol. The quantitative estimate of drug-likeness (QED) is 0.394. The summed E-state index contributed by atoms with van der Waals surface area (Å²) in [6, 6.07) is 0. The molecule has 0 N–H and O–H groups in total. The average molecular weight is 151 g/mol. The minimum absolute atomic E-state index is 1.13. The topological polar surface area (TPSA) is 51.2 Å². The molecule has 0 aromatic carbocycles. The van der Waals surface area contributed by atoms with Gasteiger partial charge >= 0.3 is 0 Å². The normalized spacial score (nSPS) is 6.90. The summed E-state index contributed by atoms with van der Waals surface area (Å²) >= 11 is 0. The molecule has 0 fully saturated rings. The van der Waals surface area contributed by atoms with Crippen molar-refractivity contribution in [1.29, 1.82) is 0 Å². The molecule has 0 saturated heterocycles. The van der Waals surface area contributed by atoms with Crippen LogP contribution in [0.2, 0.25) is 0 Å².